The Morgan fingerprint density at radius 1 is 1.03 bits per heavy atom. The van der Waals surface area contributed by atoms with Gasteiger partial charge in [-0.3, -0.25) is 9.59 Å². The highest BCUT2D eigenvalue weighted by atomic mass is 16.5. The number of carbonyl (C=O) groups excluding carboxylic acids is 2. The van der Waals surface area contributed by atoms with Gasteiger partial charge in [0.1, 0.15) is 17.5 Å². The van der Waals surface area contributed by atoms with Gasteiger partial charge in [-0.15, -0.1) is 0 Å². The quantitative estimate of drug-likeness (QED) is 0.576. The normalized spacial score (nSPS) is 14.9. The zero-order valence-electron chi connectivity index (χ0n) is 20.0. The maximum atomic E-state index is 13.2. The third kappa shape index (κ3) is 7.24. The first-order valence-corrected chi connectivity index (χ1v) is 11.9. The number of aryl methyl sites for hydroxylation is 1. The third-order valence-electron chi connectivity index (χ3n) is 6.30. The van der Waals surface area contributed by atoms with Crippen LogP contribution in [0, 0.1) is 0 Å². The van der Waals surface area contributed by atoms with Crippen LogP contribution in [0.5, 0.6) is 11.5 Å². The summed E-state index contributed by atoms with van der Waals surface area (Å²) in [6, 6.07) is 14.9. The van der Waals surface area contributed by atoms with E-state index in [9.17, 15) is 9.59 Å². The number of carbonyl (C=O) groups is 2. The number of nitrogens with one attached hydrogen (secondary N) is 1. The Morgan fingerprint density at radius 2 is 1.76 bits per heavy atom. The van der Waals surface area contributed by atoms with E-state index in [1.165, 1.54) is 12.0 Å². The van der Waals surface area contributed by atoms with Crippen LogP contribution >= 0.6 is 0 Å². The van der Waals surface area contributed by atoms with Crippen LogP contribution in [0.25, 0.3) is 0 Å². The van der Waals surface area contributed by atoms with E-state index in [2.05, 4.69) is 12.2 Å². The van der Waals surface area contributed by atoms with Gasteiger partial charge in [0.25, 0.3) is 5.91 Å². The van der Waals surface area contributed by atoms with Gasteiger partial charge in [-0.05, 0) is 61.6 Å². The summed E-state index contributed by atoms with van der Waals surface area (Å²) >= 11 is 0. The molecule has 0 heterocycles. The lowest BCUT2D eigenvalue weighted by Gasteiger charge is -2.31. The van der Waals surface area contributed by atoms with Crippen molar-refractivity contribution in [2.75, 3.05) is 13.7 Å². The Kier molecular flexibility index (Phi) is 9.16. The molecular weight excluding hydrogens is 416 g/mol. The average molecular weight is 453 g/mol. The van der Waals surface area contributed by atoms with Gasteiger partial charge < -0.3 is 19.7 Å². The number of methoxy groups -OCH3 is 1. The Balaban J connectivity index is 1.70. The van der Waals surface area contributed by atoms with Crippen molar-refractivity contribution >= 4 is 11.8 Å². The molecule has 0 aliphatic heterocycles. The largest absolute Gasteiger partial charge is 0.497 e. The summed E-state index contributed by atoms with van der Waals surface area (Å²) in [4.78, 5) is 27.9. The summed E-state index contributed by atoms with van der Waals surface area (Å²) in [6.45, 7) is 4.05. The first-order chi connectivity index (χ1) is 16.0. The number of nitrogens with zero attached hydrogens (tertiary/aromatic N) is 1. The van der Waals surface area contributed by atoms with E-state index in [4.69, 9.17) is 9.47 Å². The lowest BCUT2D eigenvalue weighted by molar-refractivity contribution is -0.142. The number of hydrogen-bond acceptors (Lipinski definition) is 4. The number of amides is 2. The number of benzene rings is 2. The van der Waals surface area contributed by atoms with Crippen LogP contribution in [0.1, 0.15) is 57.1 Å². The molecule has 0 spiro atoms. The summed E-state index contributed by atoms with van der Waals surface area (Å²) < 4.78 is 11.1. The molecule has 1 saturated carbocycles. The van der Waals surface area contributed by atoms with E-state index in [1.54, 1.807) is 18.9 Å². The number of rotatable bonds is 10. The second-order valence-corrected chi connectivity index (χ2v) is 8.68. The van der Waals surface area contributed by atoms with Crippen LogP contribution in [0.3, 0.4) is 0 Å². The van der Waals surface area contributed by atoms with Crippen molar-refractivity contribution in [3.63, 3.8) is 0 Å². The maximum absolute atomic E-state index is 13.2. The minimum absolute atomic E-state index is 0.120. The zero-order valence-corrected chi connectivity index (χ0v) is 20.0. The Bertz CT molecular complexity index is 907. The molecule has 1 fully saturated rings. The molecule has 0 saturated heterocycles. The smallest absolute Gasteiger partial charge is 0.261 e. The highest BCUT2D eigenvalue weighted by Crippen LogP contribution is 2.20. The van der Waals surface area contributed by atoms with Gasteiger partial charge >= 0.3 is 0 Å². The summed E-state index contributed by atoms with van der Waals surface area (Å²) in [5.74, 6) is 1.00. The molecule has 2 amide bonds. The molecule has 33 heavy (non-hydrogen) atoms. The minimum Gasteiger partial charge on any atom is -0.497 e. The molecule has 1 unspecified atom stereocenters. The topological polar surface area (TPSA) is 67.9 Å². The summed E-state index contributed by atoms with van der Waals surface area (Å²) in [5.41, 5.74) is 2.11. The van der Waals surface area contributed by atoms with Crippen molar-refractivity contribution < 1.29 is 19.1 Å². The van der Waals surface area contributed by atoms with Crippen LogP contribution in [0.15, 0.2) is 48.5 Å². The van der Waals surface area contributed by atoms with Gasteiger partial charge in [0.05, 0.1) is 7.11 Å². The fourth-order valence-corrected chi connectivity index (χ4v) is 4.17. The van der Waals surface area contributed by atoms with Crippen LogP contribution in [-0.2, 0) is 22.6 Å². The Hall–Kier alpha value is -3.02. The lowest BCUT2D eigenvalue weighted by Crippen LogP contribution is -2.51. The van der Waals surface area contributed by atoms with Crippen LogP contribution in [-0.4, -0.2) is 42.5 Å². The predicted octanol–water partition coefficient (Wildman–Crippen LogP) is 4.50. The van der Waals surface area contributed by atoms with Crippen molar-refractivity contribution in [1.82, 2.24) is 10.2 Å². The van der Waals surface area contributed by atoms with Gasteiger partial charge in [-0.25, -0.2) is 0 Å². The van der Waals surface area contributed by atoms with Crippen molar-refractivity contribution in [2.45, 2.75) is 71.0 Å². The van der Waals surface area contributed by atoms with Crippen molar-refractivity contribution in [2.24, 2.45) is 0 Å². The molecule has 1 atom stereocenters. The monoisotopic (exact) mass is 452 g/mol. The van der Waals surface area contributed by atoms with Crippen LogP contribution < -0.4 is 14.8 Å². The first kappa shape index (κ1) is 24.6. The van der Waals surface area contributed by atoms with E-state index in [1.807, 2.05) is 48.5 Å². The molecule has 1 aliphatic carbocycles. The molecule has 0 bridgehead atoms. The maximum Gasteiger partial charge on any atom is 0.261 e. The summed E-state index contributed by atoms with van der Waals surface area (Å²) in [5, 5.41) is 3.15. The number of hydrogen-bond donors (Lipinski definition) is 1. The Labute approximate surface area is 197 Å². The zero-order chi connectivity index (χ0) is 23.6. The van der Waals surface area contributed by atoms with E-state index < -0.39 is 6.04 Å². The molecule has 178 valence electrons. The molecule has 2 aromatic rings. The highest BCUT2D eigenvalue weighted by molar-refractivity contribution is 5.88. The van der Waals surface area contributed by atoms with Crippen LogP contribution in [0.4, 0.5) is 0 Å². The average Bonchev–Trinajstić information content (AvgIpc) is 2.86. The predicted molar refractivity (Wildman–Crippen MR) is 129 cm³/mol. The van der Waals surface area contributed by atoms with Crippen molar-refractivity contribution in [1.29, 1.82) is 0 Å². The Morgan fingerprint density at radius 3 is 2.42 bits per heavy atom. The molecular formula is C27H36N2O4. The second kappa shape index (κ2) is 12.3. The molecule has 1 aliphatic rings. The van der Waals surface area contributed by atoms with Gasteiger partial charge in [0, 0.05) is 12.6 Å². The van der Waals surface area contributed by atoms with E-state index in [0.717, 1.165) is 37.7 Å². The standard InChI is InChI=1S/C27H36N2O4/c1-4-21-13-15-24(16-14-21)33-19-26(30)29(18-22-9-8-12-25(17-22)32-3)20(2)27(31)28-23-10-6-5-7-11-23/h8-9,12-17,20,23H,4-7,10-11,18-19H2,1-3H3,(H,28,31). The minimum atomic E-state index is -0.614. The molecule has 6 heteroatoms. The molecule has 0 aromatic heterocycles. The van der Waals surface area contributed by atoms with E-state index in [-0.39, 0.29) is 24.5 Å². The van der Waals surface area contributed by atoms with E-state index in [0.29, 0.717) is 18.0 Å². The fourth-order valence-electron chi connectivity index (χ4n) is 4.17. The van der Waals surface area contributed by atoms with E-state index >= 15 is 0 Å². The number of ether oxygens (including phenoxy) is 2. The van der Waals surface area contributed by atoms with Crippen molar-refractivity contribution in [3.05, 3.63) is 59.7 Å². The molecule has 2 aromatic carbocycles. The van der Waals surface area contributed by atoms with Gasteiger partial charge in [0.15, 0.2) is 6.61 Å². The molecule has 6 nitrogen and oxygen atoms in total. The lowest BCUT2D eigenvalue weighted by atomic mass is 9.95. The van der Waals surface area contributed by atoms with Gasteiger partial charge in [0.2, 0.25) is 5.91 Å². The van der Waals surface area contributed by atoms with Crippen LogP contribution in [0.2, 0.25) is 0 Å². The summed E-state index contributed by atoms with van der Waals surface area (Å²) in [7, 11) is 1.61. The molecule has 0 radical (unpaired) electrons. The van der Waals surface area contributed by atoms with Gasteiger partial charge in [-0.1, -0.05) is 50.5 Å². The molecule has 1 N–H and O–H groups in total. The second-order valence-electron chi connectivity index (χ2n) is 8.68. The fraction of sp³-hybridized carbons (Fsp3) is 0.481. The SMILES string of the molecule is CCc1ccc(OCC(=O)N(Cc2cccc(OC)c2)C(C)C(=O)NC2CCCCC2)cc1. The highest BCUT2D eigenvalue weighted by Gasteiger charge is 2.28. The van der Waals surface area contributed by atoms with Crippen molar-refractivity contribution in [3.8, 4) is 11.5 Å². The third-order valence-corrected chi connectivity index (χ3v) is 6.30. The summed E-state index contributed by atoms with van der Waals surface area (Å²) in [6.07, 6.45) is 6.44. The van der Waals surface area contributed by atoms with Gasteiger partial charge in [-0.2, -0.15) is 0 Å². The first-order valence-electron chi connectivity index (χ1n) is 11.9. The molecule has 3 rings (SSSR count).